The Labute approximate surface area is 84.5 Å². The maximum atomic E-state index is 10.9. The quantitative estimate of drug-likeness (QED) is 0.531. The zero-order valence-corrected chi connectivity index (χ0v) is 9.11. The van der Waals surface area contributed by atoms with Crippen LogP contribution < -0.4 is 0 Å². The monoisotopic (exact) mass is 202 g/mol. The minimum atomic E-state index is -1.02. The lowest BCUT2D eigenvalue weighted by Gasteiger charge is -2.24. The second-order valence-corrected chi connectivity index (χ2v) is 3.42. The summed E-state index contributed by atoms with van der Waals surface area (Å²) in [5.41, 5.74) is -1.02. The van der Waals surface area contributed by atoms with E-state index in [0.29, 0.717) is 6.61 Å². The Morgan fingerprint density at radius 2 is 2.14 bits per heavy atom. The summed E-state index contributed by atoms with van der Waals surface area (Å²) in [4.78, 5) is 10.9. The molecule has 0 spiro atoms. The molecule has 4 heteroatoms. The van der Waals surface area contributed by atoms with Crippen molar-refractivity contribution in [1.29, 1.82) is 0 Å². The highest BCUT2D eigenvalue weighted by Gasteiger charge is 2.24. The van der Waals surface area contributed by atoms with Crippen LogP contribution in [0.2, 0.25) is 0 Å². The van der Waals surface area contributed by atoms with E-state index in [0.717, 1.165) is 0 Å². The Balaban J connectivity index is 4.25. The van der Waals surface area contributed by atoms with Crippen molar-refractivity contribution >= 4 is 5.97 Å². The standard InChI is InChI=1S/C10H18O4/c1-5-14-9(11)7-6-8(13-4)10(2,3)12/h6-8,12H,5H2,1-4H3/b7-6+/t8-/m1/s1. The van der Waals surface area contributed by atoms with Crippen LogP contribution in [0.1, 0.15) is 20.8 Å². The van der Waals surface area contributed by atoms with Gasteiger partial charge in [0.05, 0.1) is 12.2 Å². The largest absolute Gasteiger partial charge is 0.463 e. The van der Waals surface area contributed by atoms with E-state index in [9.17, 15) is 9.90 Å². The number of carbonyl (C=O) groups excluding carboxylic acids is 1. The second kappa shape index (κ2) is 5.78. The third-order valence-corrected chi connectivity index (χ3v) is 1.64. The third-order valence-electron chi connectivity index (χ3n) is 1.64. The molecular formula is C10H18O4. The zero-order chi connectivity index (χ0) is 11.2. The Hall–Kier alpha value is -0.870. The Morgan fingerprint density at radius 3 is 2.50 bits per heavy atom. The lowest BCUT2D eigenvalue weighted by Crippen LogP contribution is -2.35. The number of esters is 1. The average molecular weight is 202 g/mol. The molecule has 82 valence electrons. The first-order valence-corrected chi connectivity index (χ1v) is 4.52. The van der Waals surface area contributed by atoms with Crippen molar-refractivity contribution in [3.8, 4) is 0 Å². The topological polar surface area (TPSA) is 55.8 Å². The van der Waals surface area contributed by atoms with E-state index in [2.05, 4.69) is 4.74 Å². The number of carbonyl (C=O) groups is 1. The molecule has 0 saturated heterocycles. The van der Waals surface area contributed by atoms with Gasteiger partial charge < -0.3 is 14.6 Å². The predicted molar refractivity (Wildman–Crippen MR) is 52.9 cm³/mol. The van der Waals surface area contributed by atoms with Crippen molar-refractivity contribution in [1.82, 2.24) is 0 Å². The van der Waals surface area contributed by atoms with E-state index in [4.69, 9.17) is 4.74 Å². The number of hydrogen-bond donors (Lipinski definition) is 1. The molecule has 0 radical (unpaired) electrons. The number of methoxy groups -OCH3 is 1. The molecule has 0 aliphatic carbocycles. The molecule has 0 heterocycles. The molecule has 4 nitrogen and oxygen atoms in total. The van der Waals surface area contributed by atoms with Crippen molar-refractivity contribution in [3.63, 3.8) is 0 Å². The van der Waals surface area contributed by atoms with E-state index in [-0.39, 0.29) is 0 Å². The fraction of sp³-hybridized carbons (Fsp3) is 0.700. The third kappa shape index (κ3) is 4.99. The van der Waals surface area contributed by atoms with Gasteiger partial charge in [0.1, 0.15) is 6.10 Å². The predicted octanol–water partition coefficient (Wildman–Crippen LogP) is 0.892. The van der Waals surface area contributed by atoms with Crippen LogP contribution in [-0.2, 0) is 14.3 Å². The van der Waals surface area contributed by atoms with Crippen molar-refractivity contribution in [3.05, 3.63) is 12.2 Å². The first kappa shape index (κ1) is 13.1. The van der Waals surface area contributed by atoms with Crippen LogP contribution in [0.3, 0.4) is 0 Å². The lowest BCUT2D eigenvalue weighted by atomic mass is 10.0. The van der Waals surface area contributed by atoms with Crippen molar-refractivity contribution in [2.75, 3.05) is 13.7 Å². The Bertz CT molecular complexity index is 203. The van der Waals surface area contributed by atoms with Gasteiger partial charge in [-0.1, -0.05) is 0 Å². The molecule has 0 amide bonds. The minimum Gasteiger partial charge on any atom is -0.463 e. The molecule has 0 fully saturated rings. The molecule has 0 aliphatic heterocycles. The van der Waals surface area contributed by atoms with Gasteiger partial charge in [-0.3, -0.25) is 0 Å². The average Bonchev–Trinajstić information content (AvgIpc) is 2.03. The van der Waals surface area contributed by atoms with Gasteiger partial charge in [-0.25, -0.2) is 4.79 Å². The Kier molecular flexibility index (Phi) is 5.42. The summed E-state index contributed by atoms with van der Waals surface area (Å²) in [6, 6.07) is 0. The molecule has 0 aromatic carbocycles. The first-order valence-electron chi connectivity index (χ1n) is 4.52. The number of rotatable bonds is 5. The van der Waals surface area contributed by atoms with E-state index in [1.807, 2.05) is 0 Å². The lowest BCUT2D eigenvalue weighted by molar-refractivity contribution is -0.137. The maximum Gasteiger partial charge on any atom is 0.330 e. The van der Waals surface area contributed by atoms with Gasteiger partial charge in [0.15, 0.2) is 0 Å². The van der Waals surface area contributed by atoms with Gasteiger partial charge in [-0.15, -0.1) is 0 Å². The molecule has 0 aromatic heterocycles. The molecule has 0 rings (SSSR count). The van der Waals surface area contributed by atoms with E-state index >= 15 is 0 Å². The molecule has 0 unspecified atom stereocenters. The van der Waals surface area contributed by atoms with Crippen molar-refractivity contribution < 1.29 is 19.4 Å². The molecule has 0 saturated carbocycles. The van der Waals surface area contributed by atoms with E-state index < -0.39 is 17.7 Å². The first-order chi connectivity index (χ1) is 6.41. The molecule has 14 heavy (non-hydrogen) atoms. The zero-order valence-electron chi connectivity index (χ0n) is 9.11. The molecule has 0 aliphatic rings. The van der Waals surface area contributed by atoms with Crippen molar-refractivity contribution in [2.24, 2.45) is 0 Å². The summed E-state index contributed by atoms with van der Waals surface area (Å²) < 4.78 is 9.69. The molecule has 1 N–H and O–H groups in total. The SMILES string of the molecule is CCOC(=O)/C=C/[C@@H](OC)C(C)(C)O. The van der Waals surface area contributed by atoms with Crippen LogP contribution in [-0.4, -0.2) is 36.5 Å². The van der Waals surface area contributed by atoms with Gasteiger partial charge in [0.25, 0.3) is 0 Å². The fourth-order valence-electron chi connectivity index (χ4n) is 0.959. The van der Waals surface area contributed by atoms with Gasteiger partial charge in [0, 0.05) is 13.2 Å². The molecular weight excluding hydrogens is 184 g/mol. The van der Waals surface area contributed by atoms with Gasteiger partial charge in [-0.2, -0.15) is 0 Å². The maximum absolute atomic E-state index is 10.9. The normalized spacial score (nSPS) is 14.4. The van der Waals surface area contributed by atoms with Crippen LogP contribution in [0, 0.1) is 0 Å². The van der Waals surface area contributed by atoms with Crippen LogP contribution in [0.4, 0.5) is 0 Å². The summed E-state index contributed by atoms with van der Waals surface area (Å²) in [5, 5.41) is 9.59. The number of aliphatic hydroxyl groups is 1. The van der Waals surface area contributed by atoms with Crippen LogP contribution in [0.5, 0.6) is 0 Å². The minimum absolute atomic E-state index is 0.337. The summed E-state index contributed by atoms with van der Waals surface area (Å²) in [6.45, 7) is 5.28. The van der Waals surface area contributed by atoms with Gasteiger partial charge in [0.2, 0.25) is 0 Å². The summed E-state index contributed by atoms with van der Waals surface area (Å²) in [7, 11) is 1.47. The van der Waals surface area contributed by atoms with E-state index in [1.165, 1.54) is 19.3 Å². The Morgan fingerprint density at radius 1 is 1.57 bits per heavy atom. The number of hydrogen-bond acceptors (Lipinski definition) is 4. The highest BCUT2D eigenvalue weighted by atomic mass is 16.5. The highest BCUT2D eigenvalue weighted by Crippen LogP contribution is 2.12. The molecule has 0 aromatic rings. The highest BCUT2D eigenvalue weighted by molar-refractivity contribution is 5.81. The van der Waals surface area contributed by atoms with Gasteiger partial charge >= 0.3 is 5.97 Å². The number of ether oxygens (including phenoxy) is 2. The fourth-order valence-corrected chi connectivity index (χ4v) is 0.959. The summed E-state index contributed by atoms with van der Waals surface area (Å²) in [6.07, 6.45) is 2.22. The van der Waals surface area contributed by atoms with Crippen LogP contribution >= 0.6 is 0 Å². The van der Waals surface area contributed by atoms with Crippen LogP contribution in [0.25, 0.3) is 0 Å². The summed E-state index contributed by atoms with van der Waals surface area (Å²) in [5.74, 6) is -0.432. The van der Waals surface area contributed by atoms with Gasteiger partial charge in [-0.05, 0) is 26.8 Å². The van der Waals surface area contributed by atoms with E-state index in [1.54, 1.807) is 20.8 Å². The van der Waals surface area contributed by atoms with Crippen molar-refractivity contribution in [2.45, 2.75) is 32.5 Å². The van der Waals surface area contributed by atoms with Crippen LogP contribution in [0.15, 0.2) is 12.2 Å². The second-order valence-electron chi connectivity index (χ2n) is 3.42. The smallest absolute Gasteiger partial charge is 0.330 e. The molecule has 1 atom stereocenters. The summed E-state index contributed by atoms with van der Waals surface area (Å²) >= 11 is 0. The molecule has 0 bridgehead atoms.